The Bertz CT molecular complexity index is 1470. The predicted octanol–water partition coefficient (Wildman–Crippen LogP) is 5.61. The SMILES string of the molecule is Nc1c([N+](=O)[O-])ccc(Oc2ccc3ncc(-c4cnn(CC5CC(F)(F)C5)c4)nc3c2Cl)c1F. The van der Waals surface area contributed by atoms with Gasteiger partial charge in [0.2, 0.25) is 5.92 Å². The second kappa shape index (κ2) is 8.38. The van der Waals surface area contributed by atoms with Gasteiger partial charge in [0, 0.05) is 37.2 Å². The number of ether oxygens (including phenoxy) is 1. The highest BCUT2D eigenvalue weighted by Gasteiger charge is 2.45. The monoisotopic (exact) mass is 504 g/mol. The third-order valence-corrected chi connectivity index (χ3v) is 6.07. The molecule has 180 valence electrons. The molecule has 35 heavy (non-hydrogen) atoms. The van der Waals surface area contributed by atoms with Crippen LogP contribution >= 0.6 is 11.6 Å². The van der Waals surface area contributed by atoms with E-state index in [0.717, 1.165) is 12.1 Å². The van der Waals surface area contributed by atoms with E-state index >= 15 is 0 Å². The van der Waals surface area contributed by atoms with Crippen molar-refractivity contribution in [3.05, 3.63) is 63.8 Å². The molecule has 9 nitrogen and oxygen atoms in total. The van der Waals surface area contributed by atoms with Crippen molar-refractivity contribution < 1.29 is 22.8 Å². The number of anilines is 1. The average Bonchev–Trinajstić information content (AvgIpc) is 3.25. The van der Waals surface area contributed by atoms with Crippen LogP contribution in [0.25, 0.3) is 22.3 Å². The van der Waals surface area contributed by atoms with E-state index in [0.29, 0.717) is 23.3 Å². The van der Waals surface area contributed by atoms with Crippen molar-refractivity contribution >= 4 is 34.0 Å². The summed E-state index contributed by atoms with van der Waals surface area (Å²) < 4.78 is 47.8. The molecule has 0 radical (unpaired) electrons. The molecule has 2 N–H and O–H groups in total. The third kappa shape index (κ3) is 4.32. The maximum Gasteiger partial charge on any atom is 0.295 e. The van der Waals surface area contributed by atoms with Crippen LogP contribution in [0.1, 0.15) is 12.8 Å². The van der Waals surface area contributed by atoms with Gasteiger partial charge >= 0.3 is 0 Å². The first-order chi connectivity index (χ1) is 16.6. The van der Waals surface area contributed by atoms with E-state index < -0.39 is 28.0 Å². The fourth-order valence-corrected chi connectivity index (χ4v) is 4.18. The van der Waals surface area contributed by atoms with Gasteiger partial charge in [0.15, 0.2) is 17.3 Å². The minimum Gasteiger partial charge on any atom is -0.453 e. The van der Waals surface area contributed by atoms with Crippen molar-refractivity contribution in [3.63, 3.8) is 0 Å². The number of nitro benzene ring substituents is 1. The number of alkyl halides is 2. The number of fused-ring (bicyclic) bond motifs is 1. The first-order valence-electron chi connectivity index (χ1n) is 10.4. The number of hydrogen-bond acceptors (Lipinski definition) is 7. The zero-order valence-corrected chi connectivity index (χ0v) is 18.5. The van der Waals surface area contributed by atoms with Crippen LogP contribution in [0.3, 0.4) is 0 Å². The Hall–Kier alpha value is -3.93. The number of nitro groups is 1. The molecular formula is C22H16ClF3N6O3. The number of rotatable bonds is 6. The maximum absolute atomic E-state index is 14.5. The van der Waals surface area contributed by atoms with Crippen molar-refractivity contribution in [1.29, 1.82) is 0 Å². The standard InChI is InChI=1S/C22H16ClF3N6O3/c23-18-16(35-17-4-2-15(32(33)34)20(27)19(17)24)3-1-13-21(18)30-14(8-28-13)12-7-29-31(10-12)9-11-5-22(25,26)6-11/h1-4,7-8,10-11H,5-6,9,27H2. The number of halogens is 4. The number of nitrogen functional groups attached to an aromatic ring is 1. The van der Waals surface area contributed by atoms with Gasteiger partial charge in [-0.05, 0) is 24.1 Å². The lowest BCUT2D eigenvalue weighted by Crippen LogP contribution is -2.37. The van der Waals surface area contributed by atoms with Crippen molar-refractivity contribution in [1.82, 2.24) is 19.7 Å². The minimum absolute atomic E-state index is 0.0391. The van der Waals surface area contributed by atoms with Crippen LogP contribution in [0.15, 0.2) is 42.9 Å². The summed E-state index contributed by atoms with van der Waals surface area (Å²) in [5, 5.41) is 15.2. The molecule has 0 atom stereocenters. The highest BCUT2D eigenvalue weighted by Crippen LogP contribution is 2.43. The average molecular weight is 505 g/mol. The lowest BCUT2D eigenvalue weighted by Gasteiger charge is -2.34. The van der Waals surface area contributed by atoms with Crippen LogP contribution in [0, 0.1) is 21.8 Å². The largest absolute Gasteiger partial charge is 0.453 e. The van der Waals surface area contributed by atoms with Gasteiger partial charge < -0.3 is 10.5 Å². The molecular weight excluding hydrogens is 489 g/mol. The van der Waals surface area contributed by atoms with Crippen LogP contribution in [-0.4, -0.2) is 30.6 Å². The summed E-state index contributed by atoms with van der Waals surface area (Å²) in [6.07, 6.45) is 4.45. The molecule has 0 saturated heterocycles. The second-order valence-corrected chi connectivity index (χ2v) is 8.63. The smallest absolute Gasteiger partial charge is 0.295 e. The summed E-state index contributed by atoms with van der Waals surface area (Å²) >= 11 is 6.47. The molecule has 2 aromatic carbocycles. The molecule has 5 rings (SSSR count). The minimum atomic E-state index is -2.59. The number of nitrogens with zero attached hydrogens (tertiary/aromatic N) is 5. The van der Waals surface area contributed by atoms with Crippen LogP contribution in [0.2, 0.25) is 5.02 Å². The van der Waals surface area contributed by atoms with Gasteiger partial charge in [-0.15, -0.1) is 0 Å². The molecule has 2 heterocycles. The third-order valence-electron chi connectivity index (χ3n) is 5.70. The van der Waals surface area contributed by atoms with Crippen LogP contribution < -0.4 is 10.5 Å². The van der Waals surface area contributed by atoms with Crippen LogP contribution in [0.4, 0.5) is 24.5 Å². The number of aromatic nitrogens is 4. The molecule has 1 aliphatic carbocycles. The second-order valence-electron chi connectivity index (χ2n) is 8.25. The molecule has 0 unspecified atom stereocenters. The highest BCUT2D eigenvalue weighted by atomic mass is 35.5. The molecule has 0 amide bonds. The van der Waals surface area contributed by atoms with E-state index in [1.807, 2.05) is 0 Å². The molecule has 1 aliphatic rings. The molecule has 0 bridgehead atoms. The van der Waals surface area contributed by atoms with Gasteiger partial charge in [-0.2, -0.15) is 5.10 Å². The zero-order chi connectivity index (χ0) is 24.9. The van der Waals surface area contributed by atoms with Gasteiger partial charge in [-0.1, -0.05) is 11.6 Å². The normalized spacial score (nSPS) is 15.2. The van der Waals surface area contributed by atoms with E-state index in [1.54, 1.807) is 23.1 Å². The van der Waals surface area contributed by atoms with Crippen molar-refractivity contribution in [2.75, 3.05) is 5.73 Å². The van der Waals surface area contributed by atoms with Gasteiger partial charge in [-0.25, -0.2) is 18.2 Å². The summed E-state index contributed by atoms with van der Waals surface area (Å²) in [5.74, 6) is -4.12. The highest BCUT2D eigenvalue weighted by molar-refractivity contribution is 6.36. The summed E-state index contributed by atoms with van der Waals surface area (Å²) in [7, 11) is 0. The molecule has 4 aromatic rings. The lowest BCUT2D eigenvalue weighted by molar-refractivity contribution is -0.384. The molecule has 13 heteroatoms. The Morgan fingerprint density at radius 2 is 1.97 bits per heavy atom. The summed E-state index contributed by atoms with van der Waals surface area (Å²) in [5.41, 5.74) is 6.03. The first-order valence-corrected chi connectivity index (χ1v) is 10.8. The summed E-state index contributed by atoms with van der Waals surface area (Å²) in [6, 6.07) is 5.14. The Morgan fingerprint density at radius 3 is 2.69 bits per heavy atom. The molecule has 2 aromatic heterocycles. The number of benzene rings is 2. The lowest BCUT2D eigenvalue weighted by atomic mass is 9.81. The maximum atomic E-state index is 14.5. The molecule has 1 saturated carbocycles. The predicted molar refractivity (Wildman–Crippen MR) is 121 cm³/mol. The summed E-state index contributed by atoms with van der Waals surface area (Å²) in [4.78, 5) is 19.0. The van der Waals surface area contributed by atoms with Gasteiger partial charge in [0.05, 0.1) is 28.5 Å². The van der Waals surface area contributed by atoms with Crippen LogP contribution in [0.5, 0.6) is 11.5 Å². The fraction of sp³-hybridized carbons (Fsp3) is 0.227. The van der Waals surface area contributed by atoms with Crippen molar-refractivity contribution in [2.24, 2.45) is 5.92 Å². The van der Waals surface area contributed by atoms with E-state index in [4.69, 9.17) is 22.1 Å². The van der Waals surface area contributed by atoms with Gasteiger partial charge in [0.1, 0.15) is 16.3 Å². The first kappa shape index (κ1) is 22.8. The Labute approximate surface area is 200 Å². The van der Waals surface area contributed by atoms with E-state index in [-0.39, 0.29) is 40.8 Å². The van der Waals surface area contributed by atoms with Crippen molar-refractivity contribution in [2.45, 2.75) is 25.3 Å². The number of hydrogen-bond donors (Lipinski definition) is 1. The van der Waals surface area contributed by atoms with E-state index in [2.05, 4.69) is 15.1 Å². The topological polar surface area (TPSA) is 122 Å². The zero-order valence-electron chi connectivity index (χ0n) is 17.8. The van der Waals surface area contributed by atoms with Gasteiger partial charge in [0.25, 0.3) is 5.69 Å². The Kier molecular flexibility index (Phi) is 5.47. The van der Waals surface area contributed by atoms with Gasteiger partial charge in [-0.3, -0.25) is 19.8 Å². The van der Waals surface area contributed by atoms with E-state index in [1.165, 1.54) is 12.3 Å². The molecule has 0 aliphatic heterocycles. The number of nitrogens with two attached hydrogens (primary N) is 1. The Balaban J connectivity index is 1.42. The molecule has 0 spiro atoms. The quantitative estimate of drug-likeness (QED) is 0.205. The Morgan fingerprint density at radius 1 is 1.23 bits per heavy atom. The van der Waals surface area contributed by atoms with Crippen molar-refractivity contribution in [3.8, 4) is 22.8 Å². The van der Waals surface area contributed by atoms with Crippen LogP contribution in [-0.2, 0) is 6.54 Å². The molecule has 1 fully saturated rings. The summed E-state index contributed by atoms with van der Waals surface area (Å²) in [6.45, 7) is 0.374. The van der Waals surface area contributed by atoms with E-state index in [9.17, 15) is 23.3 Å². The fourth-order valence-electron chi connectivity index (χ4n) is 3.94.